The van der Waals surface area contributed by atoms with Crippen LogP contribution in [0, 0.1) is 0 Å². The highest BCUT2D eigenvalue weighted by Gasteiger charge is 2.08. The number of benzene rings is 2. The molecule has 0 amide bonds. The zero-order chi connectivity index (χ0) is 14.7. The number of alkyl halides is 1. The van der Waals surface area contributed by atoms with Crippen molar-refractivity contribution in [2.75, 3.05) is 12.4 Å². The third-order valence-corrected chi connectivity index (χ3v) is 3.69. The van der Waals surface area contributed by atoms with Gasteiger partial charge < -0.3 is 10.1 Å². The fraction of sp³-hybridized carbons (Fsp3) is 0.118. The van der Waals surface area contributed by atoms with Gasteiger partial charge in [-0.3, -0.25) is 0 Å². The van der Waals surface area contributed by atoms with Gasteiger partial charge in [-0.25, -0.2) is 4.98 Å². The van der Waals surface area contributed by atoms with Gasteiger partial charge in [0.25, 0.3) is 0 Å². The van der Waals surface area contributed by atoms with Crippen molar-refractivity contribution in [1.82, 2.24) is 4.98 Å². The standard InChI is InChI=1S/C17H15ClN2O/c1-21-16-8-4-6-14-13(16)9-10-19-17(14)20-15-7-3-2-5-12(15)11-18/h2-10H,11H2,1H3,(H,19,20). The Bertz CT molecular complexity index is 774. The number of aromatic nitrogens is 1. The van der Waals surface area contributed by atoms with Gasteiger partial charge in [0.05, 0.1) is 7.11 Å². The largest absolute Gasteiger partial charge is 0.496 e. The van der Waals surface area contributed by atoms with Gasteiger partial charge in [0, 0.05) is 28.5 Å². The number of fused-ring (bicyclic) bond motifs is 1. The fourth-order valence-corrected chi connectivity index (χ4v) is 2.58. The van der Waals surface area contributed by atoms with Crippen molar-refractivity contribution in [3.05, 3.63) is 60.3 Å². The lowest BCUT2D eigenvalue weighted by Gasteiger charge is -2.13. The predicted molar refractivity (Wildman–Crippen MR) is 87.6 cm³/mol. The summed E-state index contributed by atoms with van der Waals surface area (Å²) in [5, 5.41) is 5.41. The van der Waals surface area contributed by atoms with Crippen LogP contribution in [-0.4, -0.2) is 12.1 Å². The van der Waals surface area contributed by atoms with E-state index in [2.05, 4.69) is 10.3 Å². The first-order valence-corrected chi connectivity index (χ1v) is 7.19. The molecule has 0 saturated carbocycles. The van der Waals surface area contributed by atoms with E-state index in [1.807, 2.05) is 48.5 Å². The lowest BCUT2D eigenvalue weighted by atomic mass is 10.1. The van der Waals surface area contributed by atoms with Crippen molar-refractivity contribution < 1.29 is 4.74 Å². The molecule has 1 aromatic heterocycles. The summed E-state index contributed by atoms with van der Waals surface area (Å²) in [6.45, 7) is 0. The topological polar surface area (TPSA) is 34.1 Å². The molecule has 0 aliphatic carbocycles. The molecule has 1 heterocycles. The number of hydrogen-bond donors (Lipinski definition) is 1. The van der Waals surface area contributed by atoms with E-state index in [4.69, 9.17) is 16.3 Å². The first-order valence-electron chi connectivity index (χ1n) is 6.66. The molecule has 0 spiro atoms. The second kappa shape index (κ2) is 6.02. The molecule has 0 aliphatic heterocycles. The van der Waals surface area contributed by atoms with Gasteiger partial charge in [0.15, 0.2) is 0 Å². The summed E-state index contributed by atoms with van der Waals surface area (Å²) >= 11 is 5.98. The monoisotopic (exact) mass is 298 g/mol. The van der Waals surface area contributed by atoms with Crippen LogP contribution in [0.1, 0.15) is 5.56 Å². The summed E-state index contributed by atoms with van der Waals surface area (Å²) in [5.74, 6) is 2.09. The molecule has 4 heteroatoms. The number of ether oxygens (including phenoxy) is 1. The Kier molecular flexibility index (Phi) is 3.93. The van der Waals surface area contributed by atoms with E-state index >= 15 is 0 Å². The molecule has 3 nitrogen and oxygen atoms in total. The third-order valence-electron chi connectivity index (χ3n) is 3.40. The molecule has 0 aliphatic rings. The molecule has 0 fully saturated rings. The van der Waals surface area contributed by atoms with Crippen molar-refractivity contribution in [1.29, 1.82) is 0 Å². The lowest BCUT2D eigenvalue weighted by Crippen LogP contribution is -1.98. The summed E-state index contributed by atoms with van der Waals surface area (Å²) < 4.78 is 5.40. The fourth-order valence-electron chi connectivity index (χ4n) is 2.34. The number of para-hydroxylation sites is 1. The zero-order valence-electron chi connectivity index (χ0n) is 11.6. The van der Waals surface area contributed by atoms with Gasteiger partial charge in [-0.15, -0.1) is 11.6 Å². The van der Waals surface area contributed by atoms with Crippen LogP contribution >= 0.6 is 11.6 Å². The molecule has 3 aromatic rings. The Labute approximate surface area is 128 Å². The predicted octanol–water partition coefficient (Wildman–Crippen LogP) is 4.73. The first-order chi connectivity index (χ1) is 10.3. The second-order valence-corrected chi connectivity index (χ2v) is 4.90. The quantitative estimate of drug-likeness (QED) is 0.707. The number of nitrogens with one attached hydrogen (secondary N) is 1. The van der Waals surface area contributed by atoms with Crippen molar-refractivity contribution in [3.63, 3.8) is 0 Å². The van der Waals surface area contributed by atoms with Gasteiger partial charge in [0.1, 0.15) is 11.6 Å². The van der Waals surface area contributed by atoms with Crippen LogP contribution in [0.25, 0.3) is 10.8 Å². The van der Waals surface area contributed by atoms with Gasteiger partial charge in [-0.05, 0) is 23.8 Å². The summed E-state index contributed by atoms with van der Waals surface area (Å²) in [6.07, 6.45) is 1.77. The van der Waals surface area contributed by atoms with Crippen LogP contribution in [0.2, 0.25) is 0 Å². The van der Waals surface area contributed by atoms with Crippen molar-refractivity contribution in [2.45, 2.75) is 5.88 Å². The maximum Gasteiger partial charge on any atom is 0.138 e. The zero-order valence-corrected chi connectivity index (χ0v) is 12.4. The summed E-state index contributed by atoms with van der Waals surface area (Å²) in [7, 11) is 1.67. The summed E-state index contributed by atoms with van der Waals surface area (Å²) in [6, 6.07) is 15.8. The van der Waals surface area contributed by atoms with Gasteiger partial charge >= 0.3 is 0 Å². The number of halogens is 1. The average molecular weight is 299 g/mol. The molecule has 0 radical (unpaired) electrons. The third kappa shape index (κ3) is 2.65. The molecule has 0 unspecified atom stereocenters. The van der Waals surface area contributed by atoms with E-state index in [0.717, 1.165) is 33.6 Å². The molecule has 3 rings (SSSR count). The molecule has 106 valence electrons. The summed E-state index contributed by atoms with van der Waals surface area (Å²) in [5.41, 5.74) is 2.01. The van der Waals surface area contributed by atoms with Crippen molar-refractivity contribution in [3.8, 4) is 5.75 Å². The minimum absolute atomic E-state index is 0.456. The number of anilines is 2. The molecule has 1 N–H and O–H groups in total. The van der Waals surface area contributed by atoms with Crippen LogP contribution in [0.5, 0.6) is 5.75 Å². The van der Waals surface area contributed by atoms with Gasteiger partial charge in [-0.1, -0.05) is 30.3 Å². The Morgan fingerprint density at radius 1 is 1.05 bits per heavy atom. The normalized spacial score (nSPS) is 10.6. The SMILES string of the molecule is COc1cccc2c(Nc3ccccc3CCl)nccc12. The van der Waals surface area contributed by atoms with E-state index in [0.29, 0.717) is 5.88 Å². The highest BCUT2D eigenvalue weighted by molar-refractivity contribution is 6.17. The number of methoxy groups -OCH3 is 1. The van der Waals surface area contributed by atoms with Crippen LogP contribution < -0.4 is 10.1 Å². The smallest absolute Gasteiger partial charge is 0.138 e. The number of rotatable bonds is 4. The van der Waals surface area contributed by atoms with E-state index in [1.165, 1.54) is 0 Å². The molecule has 21 heavy (non-hydrogen) atoms. The number of nitrogens with zero attached hydrogens (tertiary/aromatic N) is 1. The molecule has 0 bridgehead atoms. The van der Waals surface area contributed by atoms with E-state index in [9.17, 15) is 0 Å². The minimum atomic E-state index is 0.456. The van der Waals surface area contributed by atoms with Crippen LogP contribution in [0.4, 0.5) is 11.5 Å². The Morgan fingerprint density at radius 2 is 1.90 bits per heavy atom. The molecule has 0 atom stereocenters. The van der Waals surface area contributed by atoms with Crippen LogP contribution in [-0.2, 0) is 5.88 Å². The first kappa shape index (κ1) is 13.7. The van der Waals surface area contributed by atoms with Crippen molar-refractivity contribution >= 4 is 33.9 Å². The van der Waals surface area contributed by atoms with Crippen molar-refractivity contribution in [2.24, 2.45) is 0 Å². The Hall–Kier alpha value is -2.26. The van der Waals surface area contributed by atoms with Crippen LogP contribution in [0.15, 0.2) is 54.7 Å². The maximum absolute atomic E-state index is 5.98. The summed E-state index contributed by atoms with van der Waals surface area (Å²) in [4.78, 5) is 4.44. The number of hydrogen-bond acceptors (Lipinski definition) is 3. The maximum atomic E-state index is 5.98. The molecule has 2 aromatic carbocycles. The van der Waals surface area contributed by atoms with E-state index in [1.54, 1.807) is 13.3 Å². The van der Waals surface area contributed by atoms with Gasteiger partial charge in [-0.2, -0.15) is 0 Å². The lowest BCUT2D eigenvalue weighted by molar-refractivity contribution is 0.420. The molecular weight excluding hydrogens is 284 g/mol. The van der Waals surface area contributed by atoms with E-state index < -0.39 is 0 Å². The Balaban J connectivity index is 2.09. The Morgan fingerprint density at radius 3 is 2.71 bits per heavy atom. The van der Waals surface area contributed by atoms with E-state index in [-0.39, 0.29) is 0 Å². The highest BCUT2D eigenvalue weighted by Crippen LogP contribution is 2.31. The van der Waals surface area contributed by atoms with Gasteiger partial charge in [0.2, 0.25) is 0 Å². The van der Waals surface area contributed by atoms with Crippen LogP contribution in [0.3, 0.4) is 0 Å². The average Bonchev–Trinajstić information content (AvgIpc) is 2.55. The minimum Gasteiger partial charge on any atom is -0.496 e. The number of pyridine rings is 1. The highest BCUT2D eigenvalue weighted by atomic mass is 35.5. The second-order valence-electron chi connectivity index (χ2n) is 4.63. The molecular formula is C17H15ClN2O. The molecule has 0 saturated heterocycles.